The van der Waals surface area contributed by atoms with Gasteiger partial charge in [0.1, 0.15) is 23.1 Å². The first-order valence-corrected chi connectivity index (χ1v) is 14.3. The normalized spacial score (nSPS) is 19.7. The number of nitrogens with zero attached hydrogens (tertiary/aromatic N) is 5. The lowest BCUT2D eigenvalue weighted by Crippen LogP contribution is -2.42. The molecule has 2 aromatic rings. The molecule has 0 radical (unpaired) electrons. The smallest absolute Gasteiger partial charge is 0.410 e. The van der Waals surface area contributed by atoms with Gasteiger partial charge in [-0.3, -0.25) is 9.00 Å². The number of nitrogens with two attached hydrogens (primary N) is 1. The van der Waals surface area contributed by atoms with Gasteiger partial charge in [-0.2, -0.15) is 0 Å². The summed E-state index contributed by atoms with van der Waals surface area (Å²) in [6.45, 7) is 13.2. The summed E-state index contributed by atoms with van der Waals surface area (Å²) in [5.74, 6) is -0.0937. The Morgan fingerprint density at radius 1 is 1.20 bits per heavy atom. The van der Waals surface area contributed by atoms with Crippen LogP contribution in [0.2, 0.25) is 0 Å². The van der Waals surface area contributed by atoms with Crippen molar-refractivity contribution in [3.8, 4) is 0 Å². The van der Waals surface area contributed by atoms with Crippen LogP contribution in [0.4, 0.5) is 22.2 Å². The fourth-order valence-corrected chi connectivity index (χ4v) is 5.77. The van der Waals surface area contributed by atoms with Gasteiger partial charge in [-0.25, -0.2) is 19.1 Å². The van der Waals surface area contributed by atoms with Gasteiger partial charge in [-0.05, 0) is 83.2 Å². The number of hydrogen-bond donors (Lipinski definition) is 1. The molecule has 40 heavy (non-hydrogen) atoms. The third kappa shape index (κ3) is 6.44. The van der Waals surface area contributed by atoms with Crippen molar-refractivity contribution < 1.29 is 23.1 Å². The molecule has 0 aliphatic carbocycles. The van der Waals surface area contributed by atoms with Crippen molar-refractivity contribution in [1.82, 2.24) is 14.9 Å². The van der Waals surface area contributed by atoms with Gasteiger partial charge < -0.3 is 24.8 Å². The molecular weight excluding hydrogens is 532 g/mol. The number of rotatable bonds is 5. The van der Waals surface area contributed by atoms with Gasteiger partial charge in [-0.15, -0.1) is 0 Å². The molecule has 4 heterocycles. The van der Waals surface area contributed by atoms with E-state index in [1.54, 1.807) is 17.0 Å². The lowest BCUT2D eigenvalue weighted by atomic mass is 9.97. The van der Waals surface area contributed by atoms with E-state index >= 15 is 0 Å². The zero-order valence-corrected chi connectivity index (χ0v) is 24.7. The molecule has 4 rings (SSSR count). The second-order valence-electron chi connectivity index (χ2n) is 12.0. The van der Waals surface area contributed by atoms with E-state index in [0.717, 1.165) is 12.0 Å². The van der Waals surface area contributed by atoms with Crippen molar-refractivity contribution >= 4 is 46.3 Å². The Morgan fingerprint density at radius 3 is 2.52 bits per heavy atom. The number of aromatic nitrogens is 2. The molecule has 0 saturated carbocycles. The highest BCUT2D eigenvalue weighted by Gasteiger charge is 2.40. The van der Waals surface area contributed by atoms with Crippen LogP contribution in [0, 0.1) is 5.92 Å². The Bertz CT molecular complexity index is 1350. The summed E-state index contributed by atoms with van der Waals surface area (Å²) in [5, 5.41) is 0. The molecule has 1 saturated heterocycles. The van der Waals surface area contributed by atoms with Crippen LogP contribution in [0.1, 0.15) is 70.4 Å². The summed E-state index contributed by atoms with van der Waals surface area (Å²) in [6, 6.07) is 7.73. The van der Waals surface area contributed by atoms with Gasteiger partial charge in [0.2, 0.25) is 0 Å². The minimum atomic E-state index is -2.96. The number of anilines is 3. The second kappa shape index (κ2) is 11.2. The van der Waals surface area contributed by atoms with Crippen LogP contribution >= 0.6 is 0 Å². The molecule has 12 heteroatoms. The first-order chi connectivity index (χ1) is 18.7. The third-order valence-corrected chi connectivity index (χ3v) is 7.51. The van der Waals surface area contributed by atoms with E-state index in [9.17, 15) is 18.4 Å². The molecule has 1 unspecified atom stereocenters. The van der Waals surface area contributed by atoms with Crippen LogP contribution in [0.25, 0.3) is 5.57 Å². The molecule has 0 spiro atoms. The Hall–Kier alpha value is -3.51. The SMILES string of the molecule is C[C@@H]1CN(c2nc(C3=CCCN(C(=O)OC(C)(C)C)C3)ccc2C(=O)N(c2cccc(N)n2)S(=O)[O-])C(C)(C)C1. The zero-order valence-electron chi connectivity index (χ0n) is 23.8. The highest BCUT2D eigenvalue weighted by Crippen LogP contribution is 2.39. The summed E-state index contributed by atoms with van der Waals surface area (Å²) in [7, 11) is 0. The van der Waals surface area contributed by atoms with Crippen LogP contribution < -0.4 is 14.9 Å². The first-order valence-electron chi connectivity index (χ1n) is 13.3. The molecule has 2 atom stereocenters. The highest BCUT2D eigenvalue weighted by atomic mass is 32.2. The van der Waals surface area contributed by atoms with Gasteiger partial charge in [0.05, 0.1) is 29.1 Å². The predicted octanol–water partition coefficient (Wildman–Crippen LogP) is 4.15. The van der Waals surface area contributed by atoms with Gasteiger partial charge in [0.25, 0.3) is 5.91 Å². The second-order valence-corrected chi connectivity index (χ2v) is 12.8. The quantitative estimate of drug-likeness (QED) is 0.525. The molecule has 1 fully saturated rings. The summed E-state index contributed by atoms with van der Waals surface area (Å²) in [5.41, 5.74) is 6.37. The molecule has 216 valence electrons. The fourth-order valence-electron chi connectivity index (χ4n) is 5.28. The number of hydrogen-bond acceptors (Lipinski definition) is 9. The maximum Gasteiger partial charge on any atom is 0.410 e. The minimum absolute atomic E-state index is 0.0859. The molecule has 2 aromatic heterocycles. The van der Waals surface area contributed by atoms with Crippen LogP contribution in [0.15, 0.2) is 36.4 Å². The number of pyridine rings is 2. The summed E-state index contributed by atoms with van der Waals surface area (Å²) in [6.07, 6.45) is 3.13. The standard InChI is InChI=1S/C28H38N6O5S/c1-18-15-28(5,6)33(16-18)24-20(25(35)34(40(37)38)23-11-7-10-22(29)31-23)12-13-21(30-24)19-9-8-14-32(17-19)26(36)39-27(2,3)4/h7,9-13,18H,8,14-17H2,1-6H3,(H2,29,31)(H,37,38)/p-1/t18-/m0/s1. The lowest BCUT2D eigenvalue weighted by molar-refractivity contribution is 0.0273. The van der Waals surface area contributed by atoms with Crippen LogP contribution in [0.5, 0.6) is 0 Å². The number of carbonyl (C=O) groups is 2. The van der Waals surface area contributed by atoms with Crippen molar-refractivity contribution in [2.24, 2.45) is 5.92 Å². The van der Waals surface area contributed by atoms with Crippen LogP contribution in [0.3, 0.4) is 0 Å². The van der Waals surface area contributed by atoms with E-state index in [0.29, 0.717) is 47.8 Å². The Labute approximate surface area is 237 Å². The Kier molecular flexibility index (Phi) is 8.23. The number of nitrogen functional groups attached to an aromatic ring is 1. The molecule has 0 bridgehead atoms. The van der Waals surface area contributed by atoms with E-state index in [1.165, 1.54) is 18.2 Å². The lowest BCUT2D eigenvalue weighted by Gasteiger charge is -2.35. The van der Waals surface area contributed by atoms with E-state index in [-0.39, 0.29) is 22.7 Å². The van der Waals surface area contributed by atoms with Crippen molar-refractivity contribution in [3.63, 3.8) is 0 Å². The molecular formula is C28H37N6O5S-. The Morgan fingerprint density at radius 2 is 1.93 bits per heavy atom. The van der Waals surface area contributed by atoms with Crippen LogP contribution in [-0.4, -0.2) is 66.4 Å². The molecule has 11 nitrogen and oxygen atoms in total. The topological polar surface area (TPSA) is 145 Å². The Balaban J connectivity index is 1.76. The monoisotopic (exact) mass is 569 g/mol. The van der Waals surface area contributed by atoms with E-state index in [1.807, 2.05) is 26.8 Å². The molecule has 2 aliphatic heterocycles. The number of carbonyl (C=O) groups excluding carboxylic acids is 2. The summed E-state index contributed by atoms with van der Waals surface area (Å²) in [4.78, 5) is 39.3. The maximum absolute atomic E-state index is 13.8. The van der Waals surface area contributed by atoms with Crippen molar-refractivity contribution in [2.45, 2.75) is 65.5 Å². The number of amides is 2. The van der Waals surface area contributed by atoms with Crippen molar-refractivity contribution in [1.29, 1.82) is 0 Å². The number of ether oxygens (including phenoxy) is 1. The van der Waals surface area contributed by atoms with E-state index in [2.05, 4.69) is 30.7 Å². The fraction of sp³-hybridized carbons (Fsp3) is 0.500. The average Bonchev–Trinajstić information content (AvgIpc) is 3.14. The van der Waals surface area contributed by atoms with E-state index in [4.69, 9.17) is 15.5 Å². The largest absolute Gasteiger partial charge is 0.755 e. The molecule has 0 aromatic carbocycles. The molecule has 2 aliphatic rings. The van der Waals surface area contributed by atoms with E-state index < -0.39 is 28.9 Å². The van der Waals surface area contributed by atoms with Crippen molar-refractivity contribution in [3.05, 3.63) is 47.7 Å². The average molecular weight is 570 g/mol. The third-order valence-electron chi connectivity index (χ3n) is 6.86. The molecule has 2 amide bonds. The van der Waals surface area contributed by atoms with Gasteiger partial charge in [0.15, 0.2) is 0 Å². The molecule has 2 N–H and O–H groups in total. The highest BCUT2D eigenvalue weighted by molar-refractivity contribution is 7.81. The van der Waals surface area contributed by atoms with Gasteiger partial charge in [0, 0.05) is 18.6 Å². The van der Waals surface area contributed by atoms with Crippen LogP contribution in [-0.2, 0) is 16.0 Å². The summed E-state index contributed by atoms with van der Waals surface area (Å²) >= 11 is -2.96. The van der Waals surface area contributed by atoms with Crippen molar-refractivity contribution in [2.75, 3.05) is 34.6 Å². The minimum Gasteiger partial charge on any atom is -0.755 e. The zero-order chi connectivity index (χ0) is 29.4. The van der Waals surface area contributed by atoms with Gasteiger partial charge >= 0.3 is 6.09 Å². The van der Waals surface area contributed by atoms with Gasteiger partial charge in [-0.1, -0.05) is 19.1 Å². The first kappa shape index (κ1) is 29.5. The predicted molar refractivity (Wildman–Crippen MR) is 154 cm³/mol. The maximum atomic E-state index is 13.8. The summed E-state index contributed by atoms with van der Waals surface area (Å²) < 4.78 is 30.7.